The van der Waals surface area contributed by atoms with Gasteiger partial charge >= 0.3 is 0 Å². The predicted octanol–water partition coefficient (Wildman–Crippen LogP) is 3.12. The highest BCUT2D eigenvalue weighted by molar-refractivity contribution is 7.89. The Labute approximate surface area is 172 Å². The van der Waals surface area contributed by atoms with Crippen molar-refractivity contribution in [3.8, 4) is 0 Å². The van der Waals surface area contributed by atoms with E-state index in [1.807, 2.05) is 32.9 Å². The van der Waals surface area contributed by atoms with E-state index >= 15 is 0 Å². The quantitative estimate of drug-likeness (QED) is 0.813. The van der Waals surface area contributed by atoms with Crippen LogP contribution in [0, 0.1) is 20.8 Å². The van der Waals surface area contributed by atoms with Gasteiger partial charge in [0.2, 0.25) is 10.0 Å². The van der Waals surface area contributed by atoms with Gasteiger partial charge in [-0.2, -0.15) is 4.31 Å². The number of amides is 1. The Balaban J connectivity index is 1.85. The predicted molar refractivity (Wildman–Crippen MR) is 113 cm³/mol. The number of ether oxygens (including phenoxy) is 1. The molecule has 156 valence electrons. The molecule has 1 amide bonds. The summed E-state index contributed by atoms with van der Waals surface area (Å²) in [4.78, 5) is 13.0. The average Bonchev–Trinajstić information content (AvgIpc) is 2.70. The molecule has 1 N–H and O–H groups in total. The van der Waals surface area contributed by atoms with Crippen LogP contribution in [-0.2, 0) is 14.8 Å². The molecule has 6 nitrogen and oxygen atoms in total. The Morgan fingerprint density at radius 2 is 1.69 bits per heavy atom. The number of carbonyl (C=O) groups is 1. The lowest BCUT2D eigenvalue weighted by Crippen LogP contribution is -2.41. The van der Waals surface area contributed by atoms with E-state index in [4.69, 9.17) is 4.74 Å². The zero-order chi connectivity index (χ0) is 21.2. The van der Waals surface area contributed by atoms with Crippen molar-refractivity contribution in [1.82, 2.24) is 9.62 Å². The molecule has 0 aliphatic carbocycles. The van der Waals surface area contributed by atoms with E-state index < -0.39 is 10.0 Å². The fourth-order valence-corrected chi connectivity index (χ4v) is 5.19. The van der Waals surface area contributed by atoms with Gasteiger partial charge < -0.3 is 10.1 Å². The van der Waals surface area contributed by atoms with Crippen LogP contribution < -0.4 is 5.32 Å². The van der Waals surface area contributed by atoms with E-state index in [0.717, 1.165) is 16.7 Å². The second-order valence-electron chi connectivity index (χ2n) is 7.55. The van der Waals surface area contributed by atoms with E-state index in [1.165, 1.54) is 10.4 Å². The first-order chi connectivity index (χ1) is 13.7. The van der Waals surface area contributed by atoms with Crippen molar-refractivity contribution in [1.29, 1.82) is 0 Å². The van der Waals surface area contributed by atoms with Crippen LogP contribution in [0.3, 0.4) is 0 Å². The van der Waals surface area contributed by atoms with Crippen LogP contribution in [0.1, 0.15) is 45.6 Å². The van der Waals surface area contributed by atoms with Crippen LogP contribution in [0.2, 0.25) is 0 Å². The van der Waals surface area contributed by atoms with Gasteiger partial charge in [0.1, 0.15) is 0 Å². The minimum absolute atomic E-state index is 0.173. The molecule has 1 fully saturated rings. The van der Waals surface area contributed by atoms with Gasteiger partial charge in [0.05, 0.1) is 24.2 Å². The largest absolute Gasteiger partial charge is 0.379 e. The number of nitrogens with zero attached hydrogens (tertiary/aromatic N) is 1. The molecule has 3 rings (SSSR count). The van der Waals surface area contributed by atoms with Crippen LogP contribution in [0.4, 0.5) is 0 Å². The summed E-state index contributed by atoms with van der Waals surface area (Å²) >= 11 is 0. The Hall–Kier alpha value is -2.22. The Bertz CT molecular complexity index is 1010. The minimum Gasteiger partial charge on any atom is -0.379 e. The molecule has 1 heterocycles. The SMILES string of the molecule is Cc1ccc(C)c([C@@H](C)NC(=O)c2ccc(C)c(S(=O)(=O)N3CCOCC3)c2)c1. The van der Waals surface area contributed by atoms with Crippen molar-refractivity contribution in [3.63, 3.8) is 0 Å². The molecule has 0 unspecified atom stereocenters. The summed E-state index contributed by atoms with van der Waals surface area (Å²) in [6.45, 7) is 9.10. The highest BCUT2D eigenvalue weighted by atomic mass is 32.2. The maximum atomic E-state index is 13.0. The topological polar surface area (TPSA) is 75.7 Å². The van der Waals surface area contributed by atoms with Crippen molar-refractivity contribution in [2.24, 2.45) is 0 Å². The molecule has 2 aromatic rings. The molecular weight excluding hydrogens is 388 g/mol. The second kappa shape index (κ2) is 8.65. The first kappa shape index (κ1) is 21.5. The van der Waals surface area contributed by atoms with Crippen molar-refractivity contribution < 1.29 is 17.9 Å². The molecule has 0 bridgehead atoms. The Morgan fingerprint density at radius 3 is 2.38 bits per heavy atom. The fourth-order valence-electron chi connectivity index (χ4n) is 3.53. The van der Waals surface area contributed by atoms with Crippen molar-refractivity contribution in [3.05, 3.63) is 64.2 Å². The van der Waals surface area contributed by atoms with Crippen molar-refractivity contribution in [2.75, 3.05) is 26.3 Å². The highest BCUT2D eigenvalue weighted by Gasteiger charge is 2.28. The Kier molecular flexibility index (Phi) is 6.41. The highest BCUT2D eigenvalue weighted by Crippen LogP contribution is 2.24. The third kappa shape index (κ3) is 4.69. The molecule has 0 spiro atoms. The summed E-state index contributed by atoms with van der Waals surface area (Å²) in [5.41, 5.74) is 4.23. The fraction of sp³-hybridized carbons (Fsp3) is 0.409. The summed E-state index contributed by atoms with van der Waals surface area (Å²) in [6, 6.07) is 10.8. The van der Waals surface area contributed by atoms with Gasteiger partial charge in [0.15, 0.2) is 0 Å². The Morgan fingerprint density at radius 1 is 1.03 bits per heavy atom. The summed E-state index contributed by atoms with van der Waals surface area (Å²) in [6.07, 6.45) is 0. The van der Waals surface area contributed by atoms with Crippen LogP contribution in [0.15, 0.2) is 41.3 Å². The van der Waals surface area contributed by atoms with Crippen molar-refractivity contribution in [2.45, 2.75) is 38.6 Å². The first-order valence-electron chi connectivity index (χ1n) is 9.76. The van der Waals surface area contributed by atoms with E-state index in [9.17, 15) is 13.2 Å². The number of hydrogen-bond acceptors (Lipinski definition) is 4. The zero-order valence-electron chi connectivity index (χ0n) is 17.4. The molecule has 1 aliphatic heterocycles. The summed E-state index contributed by atoms with van der Waals surface area (Å²) in [5, 5.41) is 2.99. The lowest BCUT2D eigenvalue weighted by Gasteiger charge is -2.27. The minimum atomic E-state index is -3.67. The molecular formula is C22H28N2O4S. The number of hydrogen-bond donors (Lipinski definition) is 1. The monoisotopic (exact) mass is 416 g/mol. The van der Waals surface area contributed by atoms with Crippen LogP contribution >= 0.6 is 0 Å². The van der Waals surface area contributed by atoms with Gasteiger partial charge in [-0.3, -0.25) is 4.79 Å². The van der Waals surface area contributed by atoms with Crippen molar-refractivity contribution >= 4 is 15.9 Å². The van der Waals surface area contributed by atoms with E-state index in [2.05, 4.69) is 11.4 Å². The van der Waals surface area contributed by atoms with Crippen LogP contribution in [0.5, 0.6) is 0 Å². The van der Waals surface area contributed by atoms with Gasteiger partial charge in [0.25, 0.3) is 5.91 Å². The molecule has 1 aliphatic rings. The molecule has 1 atom stereocenters. The number of carbonyl (C=O) groups excluding carboxylic acids is 1. The first-order valence-corrected chi connectivity index (χ1v) is 11.2. The molecule has 0 saturated carbocycles. The van der Waals surface area contributed by atoms with Gasteiger partial charge in [-0.15, -0.1) is 0 Å². The summed E-state index contributed by atoms with van der Waals surface area (Å²) < 4.78 is 32.8. The number of sulfonamides is 1. The lowest BCUT2D eigenvalue weighted by atomic mass is 9.99. The smallest absolute Gasteiger partial charge is 0.251 e. The van der Waals surface area contributed by atoms with Crippen LogP contribution in [-0.4, -0.2) is 44.9 Å². The molecule has 0 aromatic heterocycles. The summed E-state index contributed by atoms with van der Waals surface area (Å²) in [7, 11) is -3.67. The standard InChI is InChI=1S/C22H28N2O4S/c1-15-5-6-16(2)20(13-15)18(4)23-22(25)19-8-7-17(3)21(14-19)29(26,27)24-9-11-28-12-10-24/h5-8,13-14,18H,9-12H2,1-4H3,(H,23,25)/t18-/m1/s1. The molecule has 2 aromatic carbocycles. The molecule has 1 saturated heterocycles. The van der Waals surface area contributed by atoms with Gasteiger partial charge in [-0.05, 0) is 56.5 Å². The maximum Gasteiger partial charge on any atom is 0.251 e. The van der Waals surface area contributed by atoms with E-state index in [1.54, 1.807) is 19.1 Å². The molecule has 29 heavy (non-hydrogen) atoms. The number of nitrogens with one attached hydrogen (secondary N) is 1. The molecule has 0 radical (unpaired) electrons. The maximum absolute atomic E-state index is 13.0. The number of morpholine rings is 1. The molecule has 7 heteroatoms. The van der Waals surface area contributed by atoms with Gasteiger partial charge in [-0.1, -0.05) is 29.8 Å². The third-order valence-corrected chi connectivity index (χ3v) is 7.33. The van der Waals surface area contributed by atoms with E-state index in [-0.39, 0.29) is 16.8 Å². The zero-order valence-corrected chi connectivity index (χ0v) is 18.2. The number of aryl methyl sites for hydroxylation is 3. The van der Waals surface area contributed by atoms with Crippen LogP contribution in [0.25, 0.3) is 0 Å². The van der Waals surface area contributed by atoms with Gasteiger partial charge in [-0.25, -0.2) is 8.42 Å². The second-order valence-corrected chi connectivity index (χ2v) is 9.46. The average molecular weight is 417 g/mol. The lowest BCUT2D eigenvalue weighted by molar-refractivity contribution is 0.0730. The number of rotatable bonds is 5. The number of benzene rings is 2. The third-order valence-electron chi connectivity index (χ3n) is 5.29. The van der Waals surface area contributed by atoms with Gasteiger partial charge in [0, 0.05) is 18.7 Å². The normalized spacial score (nSPS) is 16.4. The summed E-state index contributed by atoms with van der Waals surface area (Å²) in [5.74, 6) is -0.295. The van der Waals surface area contributed by atoms with E-state index in [0.29, 0.717) is 37.4 Å².